The summed E-state index contributed by atoms with van der Waals surface area (Å²) in [6, 6.07) is 0.219. The van der Waals surface area contributed by atoms with Gasteiger partial charge in [0.1, 0.15) is 0 Å². The summed E-state index contributed by atoms with van der Waals surface area (Å²) in [4.78, 5) is 29.8. The van der Waals surface area contributed by atoms with Gasteiger partial charge in [0.15, 0.2) is 5.96 Å². The largest absolute Gasteiger partial charge is 0.359 e. The smallest absolute Gasteiger partial charge is 0.221 e. The molecule has 138 valence electrons. The first-order valence-corrected chi connectivity index (χ1v) is 8.95. The van der Waals surface area contributed by atoms with Crippen LogP contribution in [0.25, 0.3) is 0 Å². The molecule has 1 atom stereocenters. The summed E-state index contributed by atoms with van der Waals surface area (Å²) in [5.74, 6) is 1.46. The average molecular weight is 339 g/mol. The van der Waals surface area contributed by atoms with Crippen LogP contribution >= 0.6 is 0 Å². The van der Waals surface area contributed by atoms with Crippen LogP contribution in [0.5, 0.6) is 0 Å². The lowest BCUT2D eigenvalue weighted by Crippen LogP contribution is -2.47. The van der Waals surface area contributed by atoms with Crippen LogP contribution in [-0.4, -0.2) is 62.4 Å². The average Bonchev–Trinajstić information content (AvgIpc) is 2.59. The molecule has 0 aromatic heterocycles. The van der Waals surface area contributed by atoms with Gasteiger partial charge in [-0.2, -0.15) is 0 Å². The first-order chi connectivity index (χ1) is 11.5. The Bertz CT molecular complexity index is 431. The van der Waals surface area contributed by atoms with E-state index in [0.29, 0.717) is 25.3 Å². The number of nitrogens with zero attached hydrogens (tertiary/aromatic N) is 2. The first-order valence-electron chi connectivity index (χ1n) is 8.95. The Kier molecular flexibility index (Phi) is 9.19. The number of hydrogen-bond donors (Lipinski definition) is 3. The van der Waals surface area contributed by atoms with Crippen molar-refractivity contribution in [1.82, 2.24) is 20.9 Å². The van der Waals surface area contributed by atoms with Crippen molar-refractivity contribution in [3.63, 3.8) is 0 Å². The van der Waals surface area contributed by atoms with E-state index in [0.717, 1.165) is 38.3 Å². The second-order valence-corrected chi connectivity index (χ2v) is 6.41. The molecule has 1 aliphatic heterocycles. The van der Waals surface area contributed by atoms with Crippen molar-refractivity contribution in [2.45, 2.75) is 52.0 Å². The van der Waals surface area contributed by atoms with Crippen LogP contribution in [0.15, 0.2) is 4.99 Å². The van der Waals surface area contributed by atoms with Crippen LogP contribution in [0, 0.1) is 5.92 Å². The molecule has 1 aliphatic rings. The number of amides is 2. The summed E-state index contributed by atoms with van der Waals surface area (Å²) >= 11 is 0. The highest BCUT2D eigenvalue weighted by molar-refractivity contribution is 5.81. The molecule has 0 aromatic carbocycles. The van der Waals surface area contributed by atoms with E-state index in [4.69, 9.17) is 0 Å². The van der Waals surface area contributed by atoms with Gasteiger partial charge in [-0.25, -0.2) is 0 Å². The maximum absolute atomic E-state index is 11.8. The number of nitrogens with one attached hydrogen (secondary N) is 3. The van der Waals surface area contributed by atoms with Crippen LogP contribution in [0.1, 0.15) is 46.0 Å². The van der Waals surface area contributed by atoms with E-state index in [9.17, 15) is 9.59 Å². The van der Waals surface area contributed by atoms with Gasteiger partial charge in [0.2, 0.25) is 11.8 Å². The van der Waals surface area contributed by atoms with Crippen LogP contribution in [0.4, 0.5) is 0 Å². The van der Waals surface area contributed by atoms with E-state index in [1.807, 2.05) is 6.92 Å². The van der Waals surface area contributed by atoms with Crippen molar-refractivity contribution in [3.8, 4) is 0 Å². The normalized spacial score (nSPS) is 17.3. The van der Waals surface area contributed by atoms with Crippen molar-refractivity contribution in [2.24, 2.45) is 10.9 Å². The number of piperidine rings is 1. The number of carbonyl (C=O) groups is 2. The predicted molar refractivity (Wildman–Crippen MR) is 96.9 cm³/mol. The van der Waals surface area contributed by atoms with Gasteiger partial charge in [-0.1, -0.05) is 6.92 Å². The molecule has 1 rings (SSSR count). The molecular formula is C17H33N5O2. The monoisotopic (exact) mass is 339 g/mol. The Morgan fingerprint density at radius 2 is 1.92 bits per heavy atom. The second-order valence-electron chi connectivity index (χ2n) is 6.41. The SMILES string of the molecule is CCC(C)NC(=O)CCNC(=NC)N1CCC(CC(=O)NC)CC1. The number of carbonyl (C=O) groups excluding carboxylic acids is 2. The van der Waals surface area contributed by atoms with Crippen LogP contribution in [0.3, 0.4) is 0 Å². The fourth-order valence-electron chi connectivity index (χ4n) is 2.78. The Morgan fingerprint density at radius 1 is 1.25 bits per heavy atom. The van der Waals surface area contributed by atoms with Gasteiger partial charge in [0.25, 0.3) is 0 Å². The molecule has 0 aliphatic carbocycles. The van der Waals surface area contributed by atoms with Crippen molar-refractivity contribution >= 4 is 17.8 Å². The second kappa shape index (κ2) is 10.9. The summed E-state index contributed by atoms with van der Waals surface area (Å²) in [5, 5.41) is 8.91. The Morgan fingerprint density at radius 3 is 2.46 bits per heavy atom. The third-order valence-corrected chi connectivity index (χ3v) is 4.53. The van der Waals surface area contributed by atoms with Gasteiger partial charge < -0.3 is 20.9 Å². The van der Waals surface area contributed by atoms with Crippen molar-refractivity contribution < 1.29 is 9.59 Å². The highest BCUT2D eigenvalue weighted by Crippen LogP contribution is 2.20. The number of hydrogen-bond acceptors (Lipinski definition) is 3. The number of guanidine groups is 1. The lowest BCUT2D eigenvalue weighted by molar-refractivity contribution is -0.122. The molecule has 1 saturated heterocycles. The number of likely N-dealkylation sites (tertiary alicyclic amines) is 1. The zero-order valence-electron chi connectivity index (χ0n) is 15.5. The molecule has 1 heterocycles. The molecule has 7 heteroatoms. The summed E-state index contributed by atoms with van der Waals surface area (Å²) in [7, 11) is 3.44. The van der Waals surface area contributed by atoms with Gasteiger partial charge >= 0.3 is 0 Å². The van der Waals surface area contributed by atoms with Crippen molar-refractivity contribution in [3.05, 3.63) is 0 Å². The third-order valence-electron chi connectivity index (χ3n) is 4.53. The molecule has 0 radical (unpaired) electrons. The van der Waals surface area contributed by atoms with E-state index in [1.165, 1.54) is 0 Å². The van der Waals surface area contributed by atoms with E-state index < -0.39 is 0 Å². The van der Waals surface area contributed by atoms with E-state index in [1.54, 1.807) is 14.1 Å². The summed E-state index contributed by atoms with van der Waals surface area (Å²) < 4.78 is 0. The maximum Gasteiger partial charge on any atom is 0.221 e. The summed E-state index contributed by atoms with van der Waals surface area (Å²) in [6.45, 7) is 6.42. The van der Waals surface area contributed by atoms with E-state index in [-0.39, 0.29) is 17.9 Å². The predicted octanol–water partition coefficient (Wildman–Crippen LogP) is 0.715. The van der Waals surface area contributed by atoms with Crippen molar-refractivity contribution in [1.29, 1.82) is 0 Å². The standard InChI is InChI=1S/C17H33N5O2/c1-5-13(2)21-15(23)6-9-20-17(19-4)22-10-7-14(8-11-22)12-16(24)18-3/h13-14H,5-12H2,1-4H3,(H,18,24)(H,19,20)(H,21,23). The first kappa shape index (κ1) is 20.3. The zero-order valence-corrected chi connectivity index (χ0v) is 15.5. The molecule has 0 aromatic rings. The van der Waals surface area contributed by atoms with Gasteiger partial charge in [-0.15, -0.1) is 0 Å². The Hall–Kier alpha value is -1.79. The Balaban J connectivity index is 2.30. The van der Waals surface area contributed by atoms with E-state index in [2.05, 4.69) is 32.8 Å². The number of aliphatic imine (C=N–C) groups is 1. The Labute approximate surface area is 145 Å². The highest BCUT2D eigenvalue weighted by atomic mass is 16.2. The highest BCUT2D eigenvalue weighted by Gasteiger charge is 2.23. The maximum atomic E-state index is 11.8. The molecular weight excluding hydrogens is 306 g/mol. The molecule has 0 bridgehead atoms. The van der Waals surface area contributed by atoms with Crippen molar-refractivity contribution in [2.75, 3.05) is 33.7 Å². The summed E-state index contributed by atoms with van der Waals surface area (Å²) in [5.41, 5.74) is 0. The molecule has 0 saturated carbocycles. The minimum atomic E-state index is 0.0663. The minimum absolute atomic E-state index is 0.0663. The fraction of sp³-hybridized carbons (Fsp3) is 0.824. The molecule has 3 N–H and O–H groups in total. The van der Waals surface area contributed by atoms with Crippen LogP contribution in [0.2, 0.25) is 0 Å². The lowest BCUT2D eigenvalue weighted by Gasteiger charge is -2.34. The molecule has 2 amide bonds. The van der Waals surface area contributed by atoms with E-state index >= 15 is 0 Å². The van der Waals surface area contributed by atoms with Crippen LogP contribution in [-0.2, 0) is 9.59 Å². The van der Waals surface area contributed by atoms with Gasteiger partial charge in [-0.05, 0) is 32.1 Å². The van der Waals surface area contributed by atoms with Gasteiger partial charge in [0, 0.05) is 52.6 Å². The number of rotatable bonds is 7. The molecule has 1 fully saturated rings. The molecule has 24 heavy (non-hydrogen) atoms. The topological polar surface area (TPSA) is 85.8 Å². The van der Waals surface area contributed by atoms with Gasteiger partial charge in [-0.3, -0.25) is 14.6 Å². The fourth-order valence-corrected chi connectivity index (χ4v) is 2.78. The molecule has 1 unspecified atom stereocenters. The molecule has 7 nitrogen and oxygen atoms in total. The third kappa shape index (κ3) is 7.19. The zero-order chi connectivity index (χ0) is 17.9. The lowest BCUT2D eigenvalue weighted by atomic mass is 9.93. The minimum Gasteiger partial charge on any atom is -0.359 e. The molecule has 0 spiro atoms. The van der Waals surface area contributed by atoms with Gasteiger partial charge in [0.05, 0.1) is 0 Å². The summed E-state index contributed by atoms with van der Waals surface area (Å²) in [6.07, 6.45) is 3.96. The quantitative estimate of drug-likeness (QED) is 0.471. The van der Waals surface area contributed by atoms with Crippen LogP contribution < -0.4 is 16.0 Å².